The second-order valence-electron chi connectivity index (χ2n) is 3.94. The van der Waals surface area contributed by atoms with E-state index in [-0.39, 0.29) is 11.9 Å². The quantitative estimate of drug-likeness (QED) is 0.339. The first kappa shape index (κ1) is 15.1. The monoisotopic (exact) mass is 268 g/mol. The Bertz CT molecular complexity index is 435. The van der Waals surface area contributed by atoms with E-state index < -0.39 is 0 Å². The molecule has 0 aliphatic rings. The molecule has 0 spiro atoms. The maximum absolute atomic E-state index is 8.66. The van der Waals surface area contributed by atoms with Crippen LogP contribution in [0, 0.1) is 0 Å². The summed E-state index contributed by atoms with van der Waals surface area (Å²) in [5.74, 6) is 1.17. The first-order valence-corrected chi connectivity index (χ1v) is 6.02. The number of ether oxygens (including phenoxy) is 3. The zero-order valence-corrected chi connectivity index (χ0v) is 11.4. The van der Waals surface area contributed by atoms with Gasteiger partial charge in [0.05, 0.1) is 12.7 Å². The van der Waals surface area contributed by atoms with Crippen LogP contribution in [0.15, 0.2) is 23.4 Å². The van der Waals surface area contributed by atoms with E-state index >= 15 is 0 Å². The Kier molecular flexibility index (Phi) is 5.95. The molecule has 0 aliphatic carbocycles. The SMILES string of the molecule is CCOc1cc(/C(N)=N/O)ccc1OCC(C)OC. The van der Waals surface area contributed by atoms with Gasteiger partial charge in [0.25, 0.3) is 0 Å². The smallest absolute Gasteiger partial charge is 0.170 e. The van der Waals surface area contributed by atoms with Gasteiger partial charge in [0.2, 0.25) is 0 Å². The Morgan fingerprint density at radius 1 is 1.37 bits per heavy atom. The van der Waals surface area contributed by atoms with E-state index in [9.17, 15) is 0 Å². The van der Waals surface area contributed by atoms with Crippen LogP contribution in [0.4, 0.5) is 0 Å². The first-order valence-electron chi connectivity index (χ1n) is 6.02. The molecular formula is C13H20N2O4. The average Bonchev–Trinajstić information content (AvgIpc) is 2.44. The standard InChI is InChI=1S/C13H20N2O4/c1-4-18-12-7-10(13(14)15-16)5-6-11(12)19-8-9(2)17-3/h5-7,9,16H,4,8H2,1-3H3,(H2,14,15). The highest BCUT2D eigenvalue weighted by Crippen LogP contribution is 2.28. The van der Waals surface area contributed by atoms with Gasteiger partial charge < -0.3 is 25.2 Å². The summed E-state index contributed by atoms with van der Waals surface area (Å²) in [6, 6.07) is 5.09. The van der Waals surface area contributed by atoms with Crippen LogP contribution in [0.5, 0.6) is 11.5 Å². The summed E-state index contributed by atoms with van der Waals surface area (Å²) < 4.78 is 16.2. The molecular weight excluding hydrogens is 248 g/mol. The van der Waals surface area contributed by atoms with Gasteiger partial charge >= 0.3 is 0 Å². The van der Waals surface area contributed by atoms with Crippen LogP contribution in [0.1, 0.15) is 19.4 Å². The summed E-state index contributed by atoms with van der Waals surface area (Å²) in [5, 5.41) is 11.6. The first-order chi connectivity index (χ1) is 9.12. The molecule has 1 aromatic carbocycles. The lowest BCUT2D eigenvalue weighted by Gasteiger charge is -2.15. The zero-order chi connectivity index (χ0) is 14.3. The minimum Gasteiger partial charge on any atom is -0.490 e. The van der Waals surface area contributed by atoms with Crippen molar-refractivity contribution in [3.05, 3.63) is 23.8 Å². The predicted octanol–water partition coefficient (Wildman–Crippen LogP) is 1.59. The van der Waals surface area contributed by atoms with Crippen molar-refractivity contribution in [3.8, 4) is 11.5 Å². The van der Waals surface area contributed by atoms with Gasteiger partial charge in [-0.3, -0.25) is 0 Å². The van der Waals surface area contributed by atoms with E-state index in [4.69, 9.17) is 25.2 Å². The number of methoxy groups -OCH3 is 1. The molecule has 0 aliphatic heterocycles. The Morgan fingerprint density at radius 2 is 2.11 bits per heavy atom. The second kappa shape index (κ2) is 7.48. The number of rotatable bonds is 7. The third kappa shape index (κ3) is 4.33. The Balaban J connectivity index is 2.91. The fourth-order valence-corrected chi connectivity index (χ4v) is 1.39. The fraction of sp³-hybridized carbons (Fsp3) is 0.462. The van der Waals surface area contributed by atoms with Crippen LogP contribution in [-0.2, 0) is 4.74 Å². The third-order valence-corrected chi connectivity index (χ3v) is 2.52. The number of nitrogens with two attached hydrogens (primary N) is 1. The zero-order valence-electron chi connectivity index (χ0n) is 11.4. The van der Waals surface area contributed by atoms with Crippen molar-refractivity contribution in [1.29, 1.82) is 0 Å². The van der Waals surface area contributed by atoms with E-state index in [1.165, 1.54) is 0 Å². The summed E-state index contributed by atoms with van der Waals surface area (Å²) in [5.41, 5.74) is 6.10. The molecule has 3 N–H and O–H groups in total. The molecule has 0 amide bonds. The van der Waals surface area contributed by atoms with Crippen molar-refractivity contribution < 1.29 is 19.4 Å². The van der Waals surface area contributed by atoms with Crippen molar-refractivity contribution in [3.63, 3.8) is 0 Å². The summed E-state index contributed by atoms with van der Waals surface area (Å²) in [6.45, 7) is 4.69. The van der Waals surface area contributed by atoms with Crippen LogP contribution in [0.3, 0.4) is 0 Å². The molecule has 6 nitrogen and oxygen atoms in total. The molecule has 0 fully saturated rings. The van der Waals surface area contributed by atoms with Crippen LogP contribution < -0.4 is 15.2 Å². The molecule has 106 valence electrons. The minimum atomic E-state index is -0.0155. The molecule has 1 aromatic rings. The molecule has 1 unspecified atom stereocenters. The van der Waals surface area contributed by atoms with Crippen molar-refractivity contribution in [1.82, 2.24) is 0 Å². The fourth-order valence-electron chi connectivity index (χ4n) is 1.39. The van der Waals surface area contributed by atoms with E-state index in [2.05, 4.69) is 5.16 Å². The Morgan fingerprint density at radius 3 is 2.68 bits per heavy atom. The van der Waals surface area contributed by atoms with Gasteiger partial charge in [0.15, 0.2) is 17.3 Å². The number of amidine groups is 1. The van der Waals surface area contributed by atoms with E-state index in [1.54, 1.807) is 25.3 Å². The number of hydrogen-bond donors (Lipinski definition) is 2. The lowest BCUT2D eigenvalue weighted by atomic mass is 10.2. The molecule has 19 heavy (non-hydrogen) atoms. The van der Waals surface area contributed by atoms with Gasteiger partial charge in [-0.05, 0) is 32.0 Å². The Hall–Kier alpha value is -1.95. The maximum atomic E-state index is 8.66. The van der Waals surface area contributed by atoms with Gasteiger partial charge in [-0.1, -0.05) is 5.16 Å². The molecule has 0 bridgehead atoms. The molecule has 0 saturated carbocycles. The topological polar surface area (TPSA) is 86.3 Å². The second-order valence-corrected chi connectivity index (χ2v) is 3.94. The number of nitrogens with zero attached hydrogens (tertiary/aromatic N) is 1. The van der Waals surface area contributed by atoms with Gasteiger partial charge in [0, 0.05) is 12.7 Å². The minimum absolute atomic E-state index is 0.0155. The number of hydrogen-bond acceptors (Lipinski definition) is 5. The number of oxime groups is 1. The maximum Gasteiger partial charge on any atom is 0.170 e. The van der Waals surface area contributed by atoms with Gasteiger partial charge in [-0.25, -0.2) is 0 Å². The molecule has 0 heterocycles. The van der Waals surface area contributed by atoms with Crippen molar-refractivity contribution in [2.24, 2.45) is 10.9 Å². The Labute approximate surface area is 112 Å². The average molecular weight is 268 g/mol. The normalized spacial score (nSPS) is 13.1. The number of benzene rings is 1. The van der Waals surface area contributed by atoms with Gasteiger partial charge in [-0.15, -0.1) is 0 Å². The highest BCUT2D eigenvalue weighted by atomic mass is 16.5. The van der Waals surface area contributed by atoms with Crippen molar-refractivity contribution in [2.45, 2.75) is 20.0 Å². The van der Waals surface area contributed by atoms with Crippen LogP contribution in [0.25, 0.3) is 0 Å². The van der Waals surface area contributed by atoms with Gasteiger partial charge in [0.1, 0.15) is 6.61 Å². The molecule has 0 saturated heterocycles. The lowest BCUT2D eigenvalue weighted by Crippen LogP contribution is -2.17. The highest BCUT2D eigenvalue weighted by molar-refractivity contribution is 5.97. The van der Waals surface area contributed by atoms with Gasteiger partial charge in [-0.2, -0.15) is 0 Å². The van der Waals surface area contributed by atoms with Crippen molar-refractivity contribution >= 4 is 5.84 Å². The molecule has 1 atom stereocenters. The van der Waals surface area contributed by atoms with Crippen LogP contribution in [0.2, 0.25) is 0 Å². The van der Waals surface area contributed by atoms with E-state index in [0.717, 1.165) is 0 Å². The lowest BCUT2D eigenvalue weighted by molar-refractivity contribution is 0.0703. The summed E-state index contributed by atoms with van der Waals surface area (Å²) >= 11 is 0. The summed E-state index contributed by atoms with van der Waals surface area (Å²) in [4.78, 5) is 0. The predicted molar refractivity (Wildman–Crippen MR) is 72.1 cm³/mol. The highest BCUT2D eigenvalue weighted by Gasteiger charge is 2.10. The summed E-state index contributed by atoms with van der Waals surface area (Å²) in [7, 11) is 1.62. The van der Waals surface area contributed by atoms with Crippen LogP contribution in [-0.4, -0.2) is 37.5 Å². The van der Waals surface area contributed by atoms with Crippen LogP contribution >= 0.6 is 0 Å². The molecule has 0 radical (unpaired) electrons. The molecule has 1 rings (SSSR count). The van der Waals surface area contributed by atoms with E-state index in [1.807, 2.05) is 13.8 Å². The largest absolute Gasteiger partial charge is 0.490 e. The van der Waals surface area contributed by atoms with Crippen molar-refractivity contribution in [2.75, 3.05) is 20.3 Å². The molecule has 6 heteroatoms. The summed E-state index contributed by atoms with van der Waals surface area (Å²) in [6.07, 6.45) is -0.0155. The van der Waals surface area contributed by atoms with E-state index in [0.29, 0.717) is 30.3 Å². The third-order valence-electron chi connectivity index (χ3n) is 2.52. The molecule has 0 aromatic heterocycles.